The second-order valence-corrected chi connectivity index (χ2v) is 6.20. The third-order valence-electron chi connectivity index (χ3n) is 2.75. The summed E-state index contributed by atoms with van der Waals surface area (Å²) in [6, 6.07) is 9.06. The van der Waals surface area contributed by atoms with Crippen LogP contribution < -0.4 is 10.6 Å². The summed E-state index contributed by atoms with van der Waals surface area (Å²) in [6.45, 7) is 2.91. The number of anilines is 2. The van der Waals surface area contributed by atoms with Crippen LogP contribution in [0.1, 0.15) is 23.7 Å². The van der Waals surface area contributed by atoms with E-state index in [1.807, 2.05) is 18.2 Å². The topological polar surface area (TPSA) is 54.0 Å². The lowest BCUT2D eigenvalue weighted by atomic mass is 10.2. The first kappa shape index (κ1) is 16.0. The quantitative estimate of drug-likeness (QED) is 0.749. The fourth-order valence-electron chi connectivity index (χ4n) is 1.71. The van der Waals surface area contributed by atoms with E-state index in [1.54, 1.807) is 18.3 Å². The number of benzene rings is 1. The van der Waals surface area contributed by atoms with Gasteiger partial charge in [0.15, 0.2) is 0 Å². The van der Waals surface area contributed by atoms with Gasteiger partial charge in [0.25, 0.3) is 5.91 Å². The van der Waals surface area contributed by atoms with Gasteiger partial charge < -0.3 is 10.6 Å². The molecule has 0 aliphatic carbocycles. The highest BCUT2D eigenvalue weighted by Crippen LogP contribution is 2.26. The molecule has 0 fully saturated rings. The van der Waals surface area contributed by atoms with Crippen molar-refractivity contribution in [1.82, 2.24) is 4.98 Å². The van der Waals surface area contributed by atoms with Gasteiger partial charge >= 0.3 is 0 Å². The van der Waals surface area contributed by atoms with E-state index in [0.29, 0.717) is 17.1 Å². The van der Waals surface area contributed by atoms with Crippen molar-refractivity contribution in [2.24, 2.45) is 0 Å². The van der Waals surface area contributed by atoms with Gasteiger partial charge in [0.1, 0.15) is 5.82 Å². The van der Waals surface area contributed by atoms with Crippen LogP contribution in [0.5, 0.6) is 0 Å². The van der Waals surface area contributed by atoms with Crippen molar-refractivity contribution >= 4 is 49.3 Å². The largest absolute Gasteiger partial charge is 0.370 e. The summed E-state index contributed by atoms with van der Waals surface area (Å²) in [5, 5.41) is 6.05. The number of aromatic nitrogens is 1. The molecule has 0 bridgehead atoms. The monoisotopic (exact) mass is 411 g/mol. The lowest BCUT2D eigenvalue weighted by Gasteiger charge is -2.09. The molecule has 0 spiro atoms. The maximum Gasteiger partial charge on any atom is 0.255 e. The number of carbonyl (C=O) groups excluding carboxylic acids is 1. The lowest BCUT2D eigenvalue weighted by molar-refractivity contribution is 0.102. The molecule has 6 heteroatoms. The Morgan fingerprint density at radius 2 is 2.05 bits per heavy atom. The zero-order chi connectivity index (χ0) is 15.2. The third kappa shape index (κ3) is 4.54. The van der Waals surface area contributed by atoms with Crippen molar-refractivity contribution in [2.45, 2.75) is 13.3 Å². The summed E-state index contributed by atoms with van der Waals surface area (Å²) in [6.07, 6.45) is 2.63. The second-order valence-electron chi connectivity index (χ2n) is 4.43. The summed E-state index contributed by atoms with van der Waals surface area (Å²) in [5.41, 5.74) is 1.28. The molecule has 1 aromatic heterocycles. The summed E-state index contributed by atoms with van der Waals surface area (Å²) in [7, 11) is 0. The van der Waals surface area contributed by atoms with Crippen molar-refractivity contribution in [3.8, 4) is 0 Å². The molecule has 0 aliphatic rings. The molecule has 0 radical (unpaired) electrons. The van der Waals surface area contributed by atoms with Gasteiger partial charge in [0, 0.05) is 27.3 Å². The molecule has 2 rings (SSSR count). The van der Waals surface area contributed by atoms with Gasteiger partial charge in [-0.3, -0.25) is 4.79 Å². The number of nitrogens with zero attached hydrogens (tertiary/aromatic N) is 1. The Bertz CT molecular complexity index is 647. The fourth-order valence-corrected chi connectivity index (χ4v) is 2.42. The van der Waals surface area contributed by atoms with Gasteiger partial charge in [-0.2, -0.15) is 0 Å². The third-order valence-corrected chi connectivity index (χ3v) is 3.94. The maximum absolute atomic E-state index is 12.3. The molecule has 0 atom stereocenters. The van der Waals surface area contributed by atoms with E-state index in [1.165, 1.54) is 0 Å². The number of halogens is 2. The highest BCUT2D eigenvalue weighted by atomic mass is 79.9. The van der Waals surface area contributed by atoms with Crippen LogP contribution >= 0.6 is 31.9 Å². The number of carbonyl (C=O) groups is 1. The summed E-state index contributed by atoms with van der Waals surface area (Å²) >= 11 is 6.81. The SMILES string of the molecule is CCCNc1cc(C(=O)Nc2cc(Br)ccc2Br)ccn1. The van der Waals surface area contributed by atoms with Gasteiger partial charge in [-0.15, -0.1) is 0 Å². The van der Waals surface area contributed by atoms with E-state index < -0.39 is 0 Å². The Morgan fingerprint density at radius 1 is 1.24 bits per heavy atom. The summed E-state index contributed by atoms with van der Waals surface area (Å²) in [4.78, 5) is 16.5. The van der Waals surface area contributed by atoms with E-state index >= 15 is 0 Å². The molecule has 0 aliphatic heterocycles. The highest BCUT2D eigenvalue weighted by Gasteiger charge is 2.09. The molecule has 1 aromatic carbocycles. The van der Waals surface area contributed by atoms with Crippen LogP contribution in [0.3, 0.4) is 0 Å². The molecule has 0 saturated carbocycles. The molecule has 1 amide bonds. The zero-order valence-corrected chi connectivity index (χ0v) is 14.7. The van der Waals surface area contributed by atoms with E-state index in [-0.39, 0.29) is 5.91 Å². The fraction of sp³-hybridized carbons (Fsp3) is 0.200. The minimum absolute atomic E-state index is 0.171. The molecule has 110 valence electrons. The predicted molar refractivity (Wildman–Crippen MR) is 92.8 cm³/mol. The first-order chi connectivity index (χ1) is 10.1. The normalized spacial score (nSPS) is 10.2. The Morgan fingerprint density at radius 3 is 2.81 bits per heavy atom. The molecule has 21 heavy (non-hydrogen) atoms. The van der Waals surface area contributed by atoms with Crippen LogP contribution in [0.2, 0.25) is 0 Å². The van der Waals surface area contributed by atoms with Crippen molar-refractivity contribution < 1.29 is 4.79 Å². The predicted octanol–water partition coefficient (Wildman–Crippen LogP) is 4.68. The van der Waals surface area contributed by atoms with Crippen LogP contribution in [0.15, 0.2) is 45.5 Å². The molecule has 0 saturated heterocycles. The minimum atomic E-state index is -0.171. The van der Waals surface area contributed by atoms with E-state index in [2.05, 4.69) is 54.4 Å². The van der Waals surface area contributed by atoms with Crippen molar-refractivity contribution in [1.29, 1.82) is 0 Å². The van der Waals surface area contributed by atoms with Crippen LogP contribution in [0, 0.1) is 0 Å². The summed E-state index contributed by atoms with van der Waals surface area (Å²) in [5.74, 6) is 0.536. The number of amides is 1. The van der Waals surface area contributed by atoms with Gasteiger partial charge in [-0.25, -0.2) is 4.98 Å². The molecule has 1 heterocycles. The molecule has 2 N–H and O–H groups in total. The zero-order valence-electron chi connectivity index (χ0n) is 11.5. The second kappa shape index (κ2) is 7.56. The van der Waals surface area contributed by atoms with Gasteiger partial charge in [-0.1, -0.05) is 22.9 Å². The van der Waals surface area contributed by atoms with Crippen LogP contribution in [0.25, 0.3) is 0 Å². The number of pyridine rings is 1. The number of rotatable bonds is 5. The summed E-state index contributed by atoms with van der Waals surface area (Å²) < 4.78 is 1.73. The molecule has 0 unspecified atom stereocenters. The Labute approximate surface area is 140 Å². The molecular weight excluding hydrogens is 398 g/mol. The van der Waals surface area contributed by atoms with E-state index in [4.69, 9.17) is 0 Å². The standard InChI is InChI=1S/C15H15Br2N3O/c1-2-6-18-14-8-10(5-7-19-14)15(21)20-13-9-11(16)3-4-12(13)17/h3-5,7-9H,2,6H2,1H3,(H,18,19)(H,20,21). The highest BCUT2D eigenvalue weighted by molar-refractivity contribution is 9.11. The van der Waals surface area contributed by atoms with E-state index in [0.717, 1.165) is 21.9 Å². The smallest absolute Gasteiger partial charge is 0.255 e. The van der Waals surface area contributed by atoms with Gasteiger partial charge in [-0.05, 0) is 52.7 Å². The van der Waals surface area contributed by atoms with Crippen molar-refractivity contribution in [2.75, 3.05) is 17.2 Å². The molecular formula is C15H15Br2N3O. The van der Waals surface area contributed by atoms with Crippen LogP contribution in [-0.4, -0.2) is 17.4 Å². The van der Waals surface area contributed by atoms with E-state index in [9.17, 15) is 4.79 Å². The maximum atomic E-state index is 12.3. The molecule has 4 nitrogen and oxygen atoms in total. The average Bonchev–Trinajstić information content (AvgIpc) is 2.49. The first-order valence-electron chi connectivity index (χ1n) is 6.56. The average molecular weight is 413 g/mol. The Hall–Kier alpha value is -1.40. The molecule has 2 aromatic rings. The van der Waals surface area contributed by atoms with Crippen molar-refractivity contribution in [3.05, 3.63) is 51.0 Å². The Balaban J connectivity index is 2.14. The number of hydrogen-bond donors (Lipinski definition) is 2. The van der Waals surface area contributed by atoms with Crippen LogP contribution in [-0.2, 0) is 0 Å². The number of nitrogens with one attached hydrogen (secondary N) is 2. The Kier molecular flexibility index (Phi) is 5.76. The van der Waals surface area contributed by atoms with Crippen molar-refractivity contribution in [3.63, 3.8) is 0 Å². The van der Waals surface area contributed by atoms with Crippen LogP contribution in [0.4, 0.5) is 11.5 Å². The van der Waals surface area contributed by atoms with Gasteiger partial charge in [0.05, 0.1) is 5.69 Å². The minimum Gasteiger partial charge on any atom is -0.370 e. The number of hydrogen-bond acceptors (Lipinski definition) is 3. The lowest BCUT2D eigenvalue weighted by Crippen LogP contribution is -2.13. The van der Waals surface area contributed by atoms with Gasteiger partial charge in [0.2, 0.25) is 0 Å². The first-order valence-corrected chi connectivity index (χ1v) is 8.15.